The zero-order chi connectivity index (χ0) is 36.9. The molecular weight excluding hydrogens is 620 g/mol. The van der Waals surface area contributed by atoms with Crippen LogP contribution in [-0.4, -0.2) is 66.7 Å². The van der Waals surface area contributed by atoms with E-state index >= 15 is 0 Å². The van der Waals surface area contributed by atoms with E-state index in [1.165, 1.54) is 0 Å². The second-order valence-corrected chi connectivity index (χ2v) is 14.4. The van der Waals surface area contributed by atoms with Gasteiger partial charge in [-0.25, -0.2) is 4.98 Å². The number of rotatable bonds is 25. The highest BCUT2D eigenvalue weighted by Crippen LogP contribution is 2.19. The Kier molecular flexibility index (Phi) is 21.3. The van der Waals surface area contributed by atoms with Gasteiger partial charge in [0.1, 0.15) is 17.9 Å². The van der Waals surface area contributed by atoms with E-state index in [1.54, 1.807) is 24.5 Å². The Labute approximate surface area is 295 Å². The summed E-state index contributed by atoms with van der Waals surface area (Å²) in [5.41, 5.74) is 0.435. The van der Waals surface area contributed by atoms with Gasteiger partial charge >= 0.3 is 0 Å². The number of carbonyl (C=O) groups is 5. The van der Waals surface area contributed by atoms with E-state index < -0.39 is 24.0 Å². The fourth-order valence-electron chi connectivity index (χ4n) is 5.78. The highest BCUT2D eigenvalue weighted by molar-refractivity contribution is 5.98. The van der Waals surface area contributed by atoms with Gasteiger partial charge in [-0.1, -0.05) is 67.7 Å². The second-order valence-electron chi connectivity index (χ2n) is 14.4. The lowest BCUT2D eigenvalue weighted by molar-refractivity contribution is -0.378. The number of nitrogens with one attached hydrogen (secondary N) is 6. The molecule has 0 saturated carbocycles. The SMILES string of the molecule is CCC[C@H](NC(=O)[C@@H](NC(=O)c1cc[nH+]cc1)[C@@H](C)CC)C(=O)N[C@H](CN[C@@H](C)C(=O)CCC[C@@H](CCC(C)C)C(=O)NCC)CC(C)C. The van der Waals surface area contributed by atoms with Crippen LogP contribution in [-0.2, 0) is 19.2 Å². The zero-order valence-electron chi connectivity index (χ0n) is 31.7. The van der Waals surface area contributed by atoms with Crippen LogP contribution in [0.3, 0.4) is 0 Å². The van der Waals surface area contributed by atoms with Crippen LogP contribution in [0.1, 0.15) is 130 Å². The molecule has 1 rings (SSSR count). The number of hydrogen-bond acceptors (Lipinski definition) is 6. The van der Waals surface area contributed by atoms with Gasteiger partial charge in [0.2, 0.25) is 17.7 Å². The molecule has 4 amide bonds. The Morgan fingerprint density at radius 3 is 2.00 bits per heavy atom. The highest BCUT2D eigenvalue weighted by Gasteiger charge is 2.31. The minimum Gasteiger partial charge on any atom is -0.356 e. The van der Waals surface area contributed by atoms with Crippen LogP contribution >= 0.6 is 0 Å². The molecule has 0 radical (unpaired) electrons. The van der Waals surface area contributed by atoms with Crippen molar-refractivity contribution in [3.05, 3.63) is 30.1 Å². The maximum absolute atomic E-state index is 13.6. The maximum atomic E-state index is 13.6. The van der Waals surface area contributed by atoms with Crippen molar-refractivity contribution < 1.29 is 29.0 Å². The van der Waals surface area contributed by atoms with Crippen LogP contribution in [0.2, 0.25) is 0 Å². The summed E-state index contributed by atoms with van der Waals surface area (Å²) < 4.78 is 0. The molecular formula is C38H67N6O5+. The first-order valence-electron chi connectivity index (χ1n) is 18.6. The van der Waals surface area contributed by atoms with Gasteiger partial charge in [-0.05, 0) is 63.7 Å². The molecule has 1 heterocycles. The summed E-state index contributed by atoms with van der Waals surface area (Å²) in [7, 11) is 0. The molecule has 1 aromatic heterocycles. The molecule has 6 atom stereocenters. The summed E-state index contributed by atoms with van der Waals surface area (Å²) >= 11 is 0. The van der Waals surface area contributed by atoms with E-state index in [0.29, 0.717) is 69.5 Å². The largest absolute Gasteiger partial charge is 0.356 e. The van der Waals surface area contributed by atoms with Crippen LogP contribution in [0.25, 0.3) is 0 Å². The van der Waals surface area contributed by atoms with Gasteiger partial charge in [0.05, 0.1) is 11.6 Å². The smallest absolute Gasteiger partial charge is 0.252 e. The van der Waals surface area contributed by atoms with Crippen LogP contribution in [0.4, 0.5) is 0 Å². The van der Waals surface area contributed by atoms with Gasteiger partial charge in [-0.2, -0.15) is 0 Å². The zero-order valence-corrected chi connectivity index (χ0v) is 31.7. The molecule has 0 saturated heterocycles. The molecule has 6 N–H and O–H groups in total. The van der Waals surface area contributed by atoms with Crippen molar-refractivity contribution in [1.82, 2.24) is 26.6 Å². The first kappa shape index (κ1) is 43.7. The fraction of sp³-hybridized carbons (Fsp3) is 0.737. The van der Waals surface area contributed by atoms with Crippen molar-refractivity contribution in [1.29, 1.82) is 0 Å². The van der Waals surface area contributed by atoms with E-state index in [9.17, 15) is 24.0 Å². The van der Waals surface area contributed by atoms with Crippen molar-refractivity contribution in [3.8, 4) is 0 Å². The summed E-state index contributed by atoms with van der Waals surface area (Å²) in [6, 6.07) is 1.06. The molecule has 0 aromatic carbocycles. The summed E-state index contributed by atoms with van der Waals surface area (Å²) in [6.07, 6.45) is 9.28. The van der Waals surface area contributed by atoms with Gasteiger partial charge in [0, 0.05) is 43.6 Å². The lowest BCUT2D eigenvalue weighted by Crippen LogP contribution is -2.57. The number of amides is 4. The molecule has 0 aliphatic carbocycles. The highest BCUT2D eigenvalue weighted by atomic mass is 16.2. The molecule has 278 valence electrons. The average molecular weight is 688 g/mol. The topological polar surface area (TPSA) is 160 Å². The molecule has 0 aliphatic rings. The van der Waals surface area contributed by atoms with Crippen molar-refractivity contribution >= 4 is 29.4 Å². The van der Waals surface area contributed by atoms with Crippen molar-refractivity contribution in [3.63, 3.8) is 0 Å². The van der Waals surface area contributed by atoms with Crippen LogP contribution < -0.4 is 31.6 Å². The van der Waals surface area contributed by atoms with Crippen molar-refractivity contribution in [2.24, 2.45) is 23.7 Å². The van der Waals surface area contributed by atoms with E-state index in [-0.39, 0.29) is 47.3 Å². The molecule has 0 bridgehead atoms. The van der Waals surface area contributed by atoms with Crippen LogP contribution in [0.15, 0.2) is 24.5 Å². The predicted molar refractivity (Wildman–Crippen MR) is 194 cm³/mol. The van der Waals surface area contributed by atoms with E-state index in [4.69, 9.17) is 0 Å². The van der Waals surface area contributed by atoms with E-state index in [2.05, 4.69) is 59.3 Å². The Morgan fingerprint density at radius 2 is 1.43 bits per heavy atom. The van der Waals surface area contributed by atoms with E-state index in [0.717, 1.165) is 12.8 Å². The van der Waals surface area contributed by atoms with E-state index in [1.807, 2.05) is 34.6 Å². The maximum Gasteiger partial charge on any atom is 0.252 e. The Bertz CT molecular complexity index is 1140. The van der Waals surface area contributed by atoms with Crippen molar-refractivity contribution in [2.75, 3.05) is 13.1 Å². The number of aromatic nitrogens is 1. The number of ketones is 1. The quantitative estimate of drug-likeness (QED) is 0.103. The summed E-state index contributed by atoms with van der Waals surface area (Å²) in [4.78, 5) is 68.5. The monoisotopic (exact) mass is 688 g/mol. The second kappa shape index (κ2) is 23.9. The number of pyridine rings is 1. The third-order valence-electron chi connectivity index (χ3n) is 9.02. The van der Waals surface area contributed by atoms with Crippen molar-refractivity contribution in [2.45, 2.75) is 144 Å². The van der Waals surface area contributed by atoms with Gasteiger partial charge in [-0.3, -0.25) is 24.0 Å². The lowest BCUT2D eigenvalue weighted by Gasteiger charge is -2.28. The van der Waals surface area contributed by atoms with Gasteiger partial charge in [0.15, 0.2) is 12.4 Å². The molecule has 11 heteroatoms. The third-order valence-corrected chi connectivity index (χ3v) is 9.02. The number of Topliss-reactive ketones (excluding diaryl/α,β-unsaturated/α-hetero) is 1. The minimum atomic E-state index is -0.805. The number of aromatic amines is 1. The first-order chi connectivity index (χ1) is 23.2. The molecule has 49 heavy (non-hydrogen) atoms. The fourth-order valence-corrected chi connectivity index (χ4v) is 5.78. The normalized spacial score (nSPS) is 15.1. The Morgan fingerprint density at radius 1 is 0.755 bits per heavy atom. The number of H-pyrrole nitrogens is 1. The standard InChI is InChI=1S/C38H66N6O5/c1-10-14-32(43-38(49)34(27(8)11-2)44-36(47)30-19-21-39-22-20-30)37(48)42-31(23-26(6)7)24-41-28(9)33(45)16-13-15-29(18-17-25(4)5)35(46)40-12-3/h19-22,25-29,31-32,34,41H,10-18,23-24H2,1-9H3,(H,40,46)(H,42,48)(H,43,49)(H,44,47)/p+1/t27-,28-,29-,31-,32-,34-/m0/s1. The Hall–Kier alpha value is -3.34. The number of carbonyl (C=O) groups excluding carboxylic acids is 5. The molecule has 0 fully saturated rings. The van der Waals surface area contributed by atoms with Gasteiger partial charge in [-0.15, -0.1) is 0 Å². The predicted octanol–water partition coefficient (Wildman–Crippen LogP) is 4.37. The van der Waals surface area contributed by atoms with Gasteiger partial charge in [0.25, 0.3) is 5.91 Å². The molecule has 0 spiro atoms. The Balaban J connectivity index is 2.85. The average Bonchev–Trinajstić information content (AvgIpc) is 3.06. The van der Waals surface area contributed by atoms with Crippen LogP contribution in [0, 0.1) is 23.7 Å². The third kappa shape index (κ3) is 17.2. The molecule has 0 aliphatic heterocycles. The number of hydrogen-bond donors (Lipinski definition) is 5. The van der Waals surface area contributed by atoms with Crippen LogP contribution in [0.5, 0.6) is 0 Å². The molecule has 0 unspecified atom stereocenters. The molecule has 1 aromatic rings. The minimum absolute atomic E-state index is 0.0674. The first-order valence-corrected chi connectivity index (χ1v) is 18.6. The van der Waals surface area contributed by atoms with Gasteiger partial charge < -0.3 is 26.6 Å². The molecule has 11 nitrogen and oxygen atoms in total. The summed E-state index contributed by atoms with van der Waals surface area (Å²) in [5.74, 6) is -0.318. The summed E-state index contributed by atoms with van der Waals surface area (Å²) in [5, 5.41) is 15.2. The lowest BCUT2D eigenvalue weighted by atomic mass is 9.91. The summed E-state index contributed by atoms with van der Waals surface area (Å²) in [6.45, 7) is 19.0.